The van der Waals surface area contributed by atoms with Crippen molar-refractivity contribution >= 4 is 23.3 Å². The standard InChI is InChI=1S/C14H20ClN3O2/c1-2-20-9-10-4-3-5-18(8-10)14-12(15)6-11(7-17-14)13(16)19/h6-7,10H,2-5,8-9H2,1H3,(H2,16,19). The number of ether oxygens (including phenoxy) is 1. The lowest BCUT2D eigenvalue weighted by molar-refractivity contribution is 0.1000. The first kappa shape index (κ1) is 15.1. The molecule has 2 heterocycles. The van der Waals surface area contributed by atoms with Crippen molar-refractivity contribution in [2.45, 2.75) is 19.8 Å². The first-order valence-corrected chi connectivity index (χ1v) is 7.27. The molecule has 1 unspecified atom stereocenters. The van der Waals surface area contributed by atoms with Crippen LogP contribution in [0.25, 0.3) is 0 Å². The highest BCUT2D eigenvalue weighted by atomic mass is 35.5. The van der Waals surface area contributed by atoms with Crippen molar-refractivity contribution in [3.05, 3.63) is 22.8 Å². The van der Waals surface area contributed by atoms with Crippen LogP contribution in [-0.4, -0.2) is 37.2 Å². The van der Waals surface area contributed by atoms with Gasteiger partial charge in [-0.15, -0.1) is 0 Å². The minimum absolute atomic E-state index is 0.335. The summed E-state index contributed by atoms with van der Waals surface area (Å²) in [5, 5.41) is 0.471. The number of primary amides is 1. The SMILES string of the molecule is CCOCC1CCCN(c2ncc(C(N)=O)cc2Cl)C1. The summed E-state index contributed by atoms with van der Waals surface area (Å²) in [6, 6.07) is 1.58. The molecule has 0 aromatic carbocycles. The van der Waals surface area contributed by atoms with Gasteiger partial charge in [0.15, 0.2) is 0 Å². The number of pyridine rings is 1. The average molecular weight is 298 g/mol. The summed E-state index contributed by atoms with van der Waals surface area (Å²) in [4.78, 5) is 17.5. The molecule has 1 aromatic heterocycles. The molecule has 6 heteroatoms. The fraction of sp³-hybridized carbons (Fsp3) is 0.571. The summed E-state index contributed by atoms with van der Waals surface area (Å²) in [5.74, 6) is 0.703. The summed E-state index contributed by atoms with van der Waals surface area (Å²) in [6.07, 6.45) is 3.73. The molecule has 110 valence electrons. The van der Waals surface area contributed by atoms with Crippen molar-refractivity contribution in [3.8, 4) is 0 Å². The Kier molecular flexibility index (Phi) is 5.20. The first-order valence-electron chi connectivity index (χ1n) is 6.89. The van der Waals surface area contributed by atoms with Crippen LogP contribution in [0.15, 0.2) is 12.3 Å². The quantitative estimate of drug-likeness (QED) is 0.903. The molecule has 0 radical (unpaired) electrons. The third kappa shape index (κ3) is 3.61. The second-order valence-corrected chi connectivity index (χ2v) is 5.41. The minimum atomic E-state index is -0.515. The molecule has 2 N–H and O–H groups in total. The molecular formula is C14H20ClN3O2. The number of hydrogen-bond donors (Lipinski definition) is 1. The molecular weight excluding hydrogens is 278 g/mol. The topological polar surface area (TPSA) is 68.4 Å². The van der Waals surface area contributed by atoms with Crippen LogP contribution in [0.5, 0.6) is 0 Å². The summed E-state index contributed by atoms with van der Waals surface area (Å²) < 4.78 is 5.50. The van der Waals surface area contributed by atoms with Gasteiger partial charge in [-0.1, -0.05) is 11.6 Å². The number of aromatic nitrogens is 1. The molecule has 0 aliphatic carbocycles. The van der Waals surface area contributed by atoms with Crippen LogP contribution in [0.2, 0.25) is 5.02 Å². The maximum Gasteiger partial charge on any atom is 0.250 e. The summed E-state index contributed by atoms with van der Waals surface area (Å²) in [5.41, 5.74) is 5.56. The molecule has 1 atom stereocenters. The number of hydrogen-bond acceptors (Lipinski definition) is 4. The van der Waals surface area contributed by atoms with E-state index in [9.17, 15) is 4.79 Å². The molecule has 1 aliphatic rings. The first-order chi connectivity index (χ1) is 9.61. The number of anilines is 1. The van der Waals surface area contributed by atoms with Crippen LogP contribution in [0, 0.1) is 5.92 Å². The molecule has 20 heavy (non-hydrogen) atoms. The normalized spacial score (nSPS) is 19.1. The van der Waals surface area contributed by atoms with E-state index >= 15 is 0 Å². The van der Waals surface area contributed by atoms with Gasteiger partial charge < -0.3 is 15.4 Å². The van der Waals surface area contributed by atoms with Gasteiger partial charge in [-0.2, -0.15) is 0 Å². The number of rotatable bonds is 5. The largest absolute Gasteiger partial charge is 0.381 e. The minimum Gasteiger partial charge on any atom is -0.381 e. The predicted octanol–water partition coefficient (Wildman–Crippen LogP) is 2.09. The lowest BCUT2D eigenvalue weighted by Gasteiger charge is -2.33. The van der Waals surface area contributed by atoms with E-state index in [1.165, 1.54) is 6.20 Å². The van der Waals surface area contributed by atoms with Gasteiger partial charge in [0.25, 0.3) is 0 Å². The Hall–Kier alpha value is -1.33. The van der Waals surface area contributed by atoms with Gasteiger partial charge in [0.05, 0.1) is 17.2 Å². The van der Waals surface area contributed by atoms with Crippen LogP contribution in [0.1, 0.15) is 30.1 Å². The summed E-state index contributed by atoms with van der Waals surface area (Å²) in [7, 11) is 0. The Morgan fingerprint density at radius 2 is 2.45 bits per heavy atom. The Bertz CT molecular complexity index is 481. The predicted molar refractivity (Wildman–Crippen MR) is 79.2 cm³/mol. The number of carbonyl (C=O) groups is 1. The maximum atomic E-state index is 11.1. The van der Waals surface area contributed by atoms with Crippen molar-refractivity contribution in [2.24, 2.45) is 11.7 Å². The molecule has 2 rings (SSSR count). The second kappa shape index (κ2) is 6.90. The molecule has 1 fully saturated rings. The third-order valence-corrected chi connectivity index (χ3v) is 3.76. The Morgan fingerprint density at radius 1 is 1.65 bits per heavy atom. The van der Waals surface area contributed by atoms with E-state index in [1.54, 1.807) is 6.07 Å². The fourth-order valence-corrected chi connectivity index (χ4v) is 2.76. The highest BCUT2D eigenvalue weighted by Crippen LogP contribution is 2.28. The van der Waals surface area contributed by atoms with Crippen molar-refractivity contribution in [3.63, 3.8) is 0 Å². The number of piperidine rings is 1. The van der Waals surface area contributed by atoms with Gasteiger partial charge in [0.1, 0.15) is 5.82 Å². The Morgan fingerprint density at radius 3 is 3.10 bits per heavy atom. The van der Waals surface area contributed by atoms with E-state index in [-0.39, 0.29) is 0 Å². The summed E-state index contributed by atoms with van der Waals surface area (Å²) >= 11 is 6.22. The third-order valence-electron chi connectivity index (χ3n) is 3.48. The molecule has 1 aliphatic heterocycles. The summed E-state index contributed by atoms with van der Waals surface area (Å²) in [6.45, 7) is 5.31. The van der Waals surface area contributed by atoms with Crippen LogP contribution in [-0.2, 0) is 4.74 Å². The van der Waals surface area contributed by atoms with Gasteiger partial charge in [-0.3, -0.25) is 4.79 Å². The van der Waals surface area contributed by atoms with Crippen LogP contribution in [0.3, 0.4) is 0 Å². The molecule has 5 nitrogen and oxygen atoms in total. The van der Waals surface area contributed by atoms with E-state index in [0.29, 0.717) is 16.5 Å². The Labute approximate surface area is 124 Å². The lowest BCUT2D eigenvalue weighted by atomic mass is 9.99. The van der Waals surface area contributed by atoms with Crippen molar-refractivity contribution < 1.29 is 9.53 Å². The highest BCUT2D eigenvalue weighted by molar-refractivity contribution is 6.33. The molecule has 1 amide bonds. The zero-order chi connectivity index (χ0) is 14.5. The maximum absolute atomic E-state index is 11.1. The van der Waals surface area contributed by atoms with Gasteiger partial charge in [-0.05, 0) is 31.7 Å². The van der Waals surface area contributed by atoms with E-state index < -0.39 is 5.91 Å². The Balaban J connectivity index is 2.08. The van der Waals surface area contributed by atoms with E-state index in [0.717, 1.165) is 45.0 Å². The molecule has 1 saturated heterocycles. The van der Waals surface area contributed by atoms with Gasteiger partial charge >= 0.3 is 0 Å². The van der Waals surface area contributed by atoms with Crippen LogP contribution < -0.4 is 10.6 Å². The molecule has 0 bridgehead atoms. The zero-order valence-electron chi connectivity index (χ0n) is 11.6. The number of carbonyl (C=O) groups excluding carboxylic acids is 1. The van der Waals surface area contributed by atoms with Crippen molar-refractivity contribution in [1.82, 2.24) is 4.98 Å². The van der Waals surface area contributed by atoms with Gasteiger partial charge in [-0.25, -0.2) is 4.98 Å². The van der Waals surface area contributed by atoms with Crippen LogP contribution >= 0.6 is 11.6 Å². The second-order valence-electron chi connectivity index (χ2n) is 5.01. The van der Waals surface area contributed by atoms with Crippen LogP contribution in [0.4, 0.5) is 5.82 Å². The number of nitrogens with zero attached hydrogens (tertiary/aromatic N) is 2. The lowest BCUT2D eigenvalue weighted by Crippen LogP contribution is -2.38. The van der Waals surface area contributed by atoms with E-state index in [1.807, 2.05) is 6.92 Å². The van der Waals surface area contributed by atoms with Crippen molar-refractivity contribution in [1.29, 1.82) is 0 Å². The van der Waals surface area contributed by atoms with Crippen molar-refractivity contribution in [2.75, 3.05) is 31.2 Å². The molecule has 1 aromatic rings. The number of amides is 1. The van der Waals surface area contributed by atoms with E-state index in [4.69, 9.17) is 22.1 Å². The van der Waals surface area contributed by atoms with Gasteiger partial charge in [0.2, 0.25) is 5.91 Å². The molecule has 0 saturated carbocycles. The fourth-order valence-electron chi connectivity index (χ4n) is 2.48. The number of nitrogens with two attached hydrogens (primary N) is 1. The van der Waals surface area contributed by atoms with Gasteiger partial charge in [0, 0.05) is 25.9 Å². The zero-order valence-corrected chi connectivity index (χ0v) is 12.4. The molecule has 0 spiro atoms. The monoisotopic (exact) mass is 297 g/mol. The van der Waals surface area contributed by atoms with E-state index in [2.05, 4.69) is 9.88 Å². The smallest absolute Gasteiger partial charge is 0.250 e. The average Bonchev–Trinajstić information content (AvgIpc) is 2.45. The highest BCUT2D eigenvalue weighted by Gasteiger charge is 2.23. The number of halogens is 1.